The lowest BCUT2D eigenvalue weighted by molar-refractivity contribution is 0.474. The molecule has 0 unspecified atom stereocenters. The summed E-state index contributed by atoms with van der Waals surface area (Å²) in [6, 6.07) is 9.11. The molecule has 0 saturated heterocycles. The van der Waals surface area contributed by atoms with Gasteiger partial charge in [0.15, 0.2) is 0 Å². The zero-order valence-corrected chi connectivity index (χ0v) is 9.72. The lowest BCUT2D eigenvalue weighted by Crippen LogP contribution is -2.14. The maximum absolute atomic E-state index is 9.32. The number of phenolic OH excluding ortho intramolecular Hbond substituents is 1. The molecule has 17 heavy (non-hydrogen) atoms. The van der Waals surface area contributed by atoms with E-state index in [9.17, 15) is 5.11 Å². The second kappa shape index (κ2) is 5.41. The van der Waals surface area contributed by atoms with Gasteiger partial charge < -0.3 is 10.4 Å². The molecule has 2 aromatic rings. The molecular formula is C13H15N3O. The molecule has 0 aliphatic carbocycles. The van der Waals surface area contributed by atoms with E-state index in [0.29, 0.717) is 18.8 Å². The standard InChI is InChI=1S/C13H15N3O/c1-10-15-6-5-12(16-10)9-14-8-11-3-2-4-13(17)7-11/h2-7,14,17H,8-9H2,1H3. The Bertz CT molecular complexity index is 454. The highest BCUT2D eigenvalue weighted by Crippen LogP contribution is 2.10. The molecule has 1 aromatic carbocycles. The topological polar surface area (TPSA) is 58.0 Å². The van der Waals surface area contributed by atoms with Crippen molar-refractivity contribution in [1.82, 2.24) is 15.3 Å². The summed E-state index contributed by atoms with van der Waals surface area (Å²) in [5.41, 5.74) is 2.02. The van der Waals surface area contributed by atoms with Crippen molar-refractivity contribution in [2.24, 2.45) is 0 Å². The first kappa shape index (κ1) is 11.5. The van der Waals surface area contributed by atoms with Crippen molar-refractivity contribution in [3.63, 3.8) is 0 Å². The van der Waals surface area contributed by atoms with E-state index in [2.05, 4.69) is 15.3 Å². The van der Waals surface area contributed by atoms with Crippen molar-refractivity contribution < 1.29 is 5.11 Å². The number of aromatic hydroxyl groups is 1. The summed E-state index contributed by atoms with van der Waals surface area (Å²) in [5.74, 6) is 1.07. The van der Waals surface area contributed by atoms with E-state index < -0.39 is 0 Å². The van der Waals surface area contributed by atoms with E-state index in [1.165, 1.54) is 0 Å². The first-order valence-electron chi connectivity index (χ1n) is 5.51. The van der Waals surface area contributed by atoms with Crippen LogP contribution in [0.4, 0.5) is 0 Å². The summed E-state index contributed by atoms with van der Waals surface area (Å²) < 4.78 is 0. The molecule has 0 amide bonds. The summed E-state index contributed by atoms with van der Waals surface area (Å²) in [4.78, 5) is 8.34. The Balaban J connectivity index is 1.87. The molecule has 0 radical (unpaired) electrons. The Morgan fingerprint density at radius 3 is 2.88 bits per heavy atom. The summed E-state index contributed by atoms with van der Waals surface area (Å²) in [6.07, 6.45) is 1.76. The van der Waals surface area contributed by atoms with Crippen LogP contribution in [0, 0.1) is 6.92 Å². The molecule has 4 nitrogen and oxygen atoms in total. The second-order valence-corrected chi connectivity index (χ2v) is 3.87. The number of nitrogens with zero attached hydrogens (tertiary/aromatic N) is 2. The van der Waals surface area contributed by atoms with Crippen molar-refractivity contribution in [2.45, 2.75) is 20.0 Å². The van der Waals surface area contributed by atoms with Crippen molar-refractivity contribution in [3.05, 3.63) is 53.6 Å². The third-order valence-corrected chi connectivity index (χ3v) is 2.38. The van der Waals surface area contributed by atoms with Gasteiger partial charge in [-0.3, -0.25) is 0 Å². The Hall–Kier alpha value is -1.94. The Morgan fingerprint density at radius 2 is 2.12 bits per heavy atom. The van der Waals surface area contributed by atoms with Crippen LogP contribution in [0.3, 0.4) is 0 Å². The first-order valence-corrected chi connectivity index (χ1v) is 5.51. The van der Waals surface area contributed by atoms with Crippen molar-refractivity contribution in [2.75, 3.05) is 0 Å². The highest BCUT2D eigenvalue weighted by atomic mass is 16.3. The molecule has 1 aromatic heterocycles. The monoisotopic (exact) mass is 229 g/mol. The summed E-state index contributed by atoms with van der Waals surface area (Å²) in [5, 5.41) is 12.6. The van der Waals surface area contributed by atoms with Gasteiger partial charge in [-0.2, -0.15) is 0 Å². The number of rotatable bonds is 4. The second-order valence-electron chi connectivity index (χ2n) is 3.87. The molecule has 0 bridgehead atoms. The first-order chi connectivity index (χ1) is 8.24. The van der Waals surface area contributed by atoms with E-state index in [1.807, 2.05) is 25.1 Å². The smallest absolute Gasteiger partial charge is 0.125 e. The quantitative estimate of drug-likeness (QED) is 0.839. The Labute approximate surface area is 100 Å². The van der Waals surface area contributed by atoms with Gasteiger partial charge in [0, 0.05) is 19.3 Å². The zero-order valence-electron chi connectivity index (χ0n) is 9.72. The van der Waals surface area contributed by atoms with Crippen molar-refractivity contribution in [1.29, 1.82) is 0 Å². The van der Waals surface area contributed by atoms with Crippen LogP contribution in [0.25, 0.3) is 0 Å². The van der Waals surface area contributed by atoms with Gasteiger partial charge in [0.2, 0.25) is 0 Å². The predicted molar refractivity (Wildman–Crippen MR) is 65.4 cm³/mol. The van der Waals surface area contributed by atoms with Crippen LogP contribution in [-0.4, -0.2) is 15.1 Å². The van der Waals surface area contributed by atoms with Gasteiger partial charge >= 0.3 is 0 Å². The largest absolute Gasteiger partial charge is 0.508 e. The van der Waals surface area contributed by atoms with E-state index in [0.717, 1.165) is 17.1 Å². The zero-order chi connectivity index (χ0) is 12.1. The van der Waals surface area contributed by atoms with E-state index in [4.69, 9.17) is 0 Å². The van der Waals surface area contributed by atoms with Crippen LogP contribution in [0.5, 0.6) is 5.75 Å². The van der Waals surface area contributed by atoms with Crippen LogP contribution in [0.2, 0.25) is 0 Å². The Kier molecular flexibility index (Phi) is 3.67. The van der Waals surface area contributed by atoms with Crippen LogP contribution >= 0.6 is 0 Å². The molecule has 2 rings (SSSR count). The van der Waals surface area contributed by atoms with Gasteiger partial charge in [0.05, 0.1) is 5.69 Å². The number of aromatic nitrogens is 2. The number of nitrogens with one attached hydrogen (secondary N) is 1. The fourth-order valence-corrected chi connectivity index (χ4v) is 1.60. The number of aryl methyl sites for hydroxylation is 1. The molecule has 2 N–H and O–H groups in total. The molecule has 0 spiro atoms. The number of hydrogen-bond donors (Lipinski definition) is 2. The lowest BCUT2D eigenvalue weighted by atomic mass is 10.2. The van der Waals surface area contributed by atoms with Gasteiger partial charge in [-0.15, -0.1) is 0 Å². The van der Waals surface area contributed by atoms with E-state index >= 15 is 0 Å². The molecule has 0 aliphatic rings. The maximum Gasteiger partial charge on any atom is 0.125 e. The number of benzene rings is 1. The minimum Gasteiger partial charge on any atom is -0.508 e. The minimum atomic E-state index is 0.294. The average molecular weight is 229 g/mol. The van der Waals surface area contributed by atoms with Crippen molar-refractivity contribution >= 4 is 0 Å². The summed E-state index contributed by atoms with van der Waals surface area (Å²) in [7, 11) is 0. The minimum absolute atomic E-state index is 0.294. The molecular weight excluding hydrogens is 214 g/mol. The van der Waals surface area contributed by atoms with Gasteiger partial charge in [0.1, 0.15) is 11.6 Å². The summed E-state index contributed by atoms with van der Waals surface area (Å²) in [6.45, 7) is 3.27. The fourth-order valence-electron chi connectivity index (χ4n) is 1.60. The van der Waals surface area contributed by atoms with Gasteiger partial charge in [-0.25, -0.2) is 9.97 Å². The van der Waals surface area contributed by atoms with E-state index in [-0.39, 0.29) is 0 Å². The molecule has 1 heterocycles. The van der Waals surface area contributed by atoms with Gasteiger partial charge in [-0.05, 0) is 30.7 Å². The number of hydrogen-bond acceptors (Lipinski definition) is 4. The molecule has 0 aliphatic heterocycles. The average Bonchev–Trinajstić information content (AvgIpc) is 2.29. The van der Waals surface area contributed by atoms with Crippen LogP contribution < -0.4 is 5.32 Å². The molecule has 0 saturated carbocycles. The number of phenols is 1. The van der Waals surface area contributed by atoms with Crippen LogP contribution in [0.1, 0.15) is 17.1 Å². The third kappa shape index (κ3) is 3.53. The Morgan fingerprint density at radius 1 is 1.24 bits per heavy atom. The fraction of sp³-hybridized carbons (Fsp3) is 0.231. The summed E-state index contributed by atoms with van der Waals surface area (Å²) >= 11 is 0. The van der Waals surface area contributed by atoms with Crippen molar-refractivity contribution in [3.8, 4) is 5.75 Å². The van der Waals surface area contributed by atoms with Gasteiger partial charge in [0.25, 0.3) is 0 Å². The van der Waals surface area contributed by atoms with Crippen LogP contribution in [-0.2, 0) is 13.1 Å². The molecule has 0 atom stereocenters. The van der Waals surface area contributed by atoms with Gasteiger partial charge in [-0.1, -0.05) is 12.1 Å². The normalized spacial score (nSPS) is 10.4. The SMILES string of the molecule is Cc1nccc(CNCc2cccc(O)c2)n1. The predicted octanol–water partition coefficient (Wildman–Crippen LogP) is 1.78. The highest BCUT2D eigenvalue weighted by molar-refractivity contribution is 5.26. The third-order valence-electron chi connectivity index (χ3n) is 2.38. The lowest BCUT2D eigenvalue weighted by Gasteiger charge is -2.05. The van der Waals surface area contributed by atoms with Crippen LogP contribution in [0.15, 0.2) is 36.5 Å². The molecule has 0 fully saturated rings. The maximum atomic E-state index is 9.32. The van der Waals surface area contributed by atoms with E-state index in [1.54, 1.807) is 18.3 Å². The molecule has 4 heteroatoms. The molecule has 88 valence electrons. The highest BCUT2D eigenvalue weighted by Gasteiger charge is 1.97.